The van der Waals surface area contributed by atoms with Gasteiger partial charge in [0.25, 0.3) is 0 Å². The van der Waals surface area contributed by atoms with Crippen molar-refractivity contribution in [2.45, 2.75) is 32.1 Å². The molecule has 2 aromatic rings. The Morgan fingerprint density at radius 1 is 1.31 bits per heavy atom. The summed E-state index contributed by atoms with van der Waals surface area (Å²) in [6, 6.07) is 6.19. The number of aromatic nitrogens is 2. The second kappa shape index (κ2) is 8.51. The van der Waals surface area contributed by atoms with Crippen LogP contribution in [-0.2, 0) is 17.9 Å². The quantitative estimate of drug-likeness (QED) is 0.771. The summed E-state index contributed by atoms with van der Waals surface area (Å²) in [6.07, 6.45) is -0.752. The normalized spacial score (nSPS) is 15.2. The Bertz CT molecular complexity index is 910. The van der Waals surface area contributed by atoms with E-state index in [-0.39, 0.29) is 23.9 Å². The first kappa shape index (κ1) is 20.6. The molecule has 6 nitrogen and oxygen atoms in total. The number of amides is 1. The molecule has 3 rings (SSSR count). The molecule has 1 saturated heterocycles. The molecule has 0 atom stereocenters. The zero-order valence-electron chi connectivity index (χ0n) is 15.4. The summed E-state index contributed by atoms with van der Waals surface area (Å²) >= 11 is 0. The first-order valence-corrected chi connectivity index (χ1v) is 9.05. The number of carbonyl (C=O) groups is 1. The molecule has 0 saturated carbocycles. The summed E-state index contributed by atoms with van der Waals surface area (Å²) in [5, 5.41) is 15.2. The fraction of sp³-hybridized carbons (Fsp3) is 0.421. The number of nitrogens with zero attached hydrogens (tertiary/aromatic N) is 4. The lowest BCUT2D eigenvalue weighted by Crippen LogP contribution is -2.40. The number of piperidine rings is 1. The standard InChI is InChI=1S/C19H19F4N5O/c20-16-7-13(8-24)1-2-17(16)27-5-3-15(4-6-27)18(29)25-9-14-10-26-28(11-14)12-19(21,22)23/h1-2,7,10-11,15H,3-6,9,12H2,(H,25,29). The van der Waals surface area contributed by atoms with E-state index in [1.807, 2.05) is 11.0 Å². The first-order valence-electron chi connectivity index (χ1n) is 9.05. The predicted octanol–water partition coefficient (Wildman–Crippen LogP) is 2.99. The number of nitrogens with one attached hydrogen (secondary N) is 1. The van der Waals surface area contributed by atoms with Crippen molar-refractivity contribution >= 4 is 11.6 Å². The fourth-order valence-corrected chi connectivity index (χ4v) is 3.32. The predicted molar refractivity (Wildman–Crippen MR) is 96.2 cm³/mol. The van der Waals surface area contributed by atoms with Gasteiger partial charge < -0.3 is 10.2 Å². The molecule has 0 unspecified atom stereocenters. The van der Waals surface area contributed by atoms with E-state index in [9.17, 15) is 22.4 Å². The zero-order valence-corrected chi connectivity index (χ0v) is 15.4. The lowest BCUT2D eigenvalue weighted by molar-refractivity contribution is -0.142. The Morgan fingerprint density at radius 3 is 2.66 bits per heavy atom. The van der Waals surface area contributed by atoms with Gasteiger partial charge in [0.1, 0.15) is 12.4 Å². The molecule has 1 aliphatic heterocycles. The number of carbonyl (C=O) groups excluding carboxylic acids is 1. The van der Waals surface area contributed by atoms with E-state index in [1.54, 1.807) is 12.1 Å². The van der Waals surface area contributed by atoms with Crippen LogP contribution >= 0.6 is 0 Å². The van der Waals surface area contributed by atoms with Crippen LogP contribution in [-0.4, -0.2) is 35.0 Å². The number of halogens is 4. The summed E-state index contributed by atoms with van der Waals surface area (Å²) in [4.78, 5) is 14.2. The lowest BCUT2D eigenvalue weighted by Gasteiger charge is -2.33. The number of hydrogen-bond acceptors (Lipinski definition) is 4. The van der Waals surface area contributed by atoms with E-state index in [4.69, 9.17) is 5.26 Å². The van der Waals surface area contributed by atoms with Crippen molar-refractivity contribution in [1.29, 1.82) is 5.26 Å². The molecule has 0 radical (unpaired) electrons. The van der Waals surface area contributed by atoms with Crippen LogP contribution in [0.15, 0.2) is 30.6 Å². The van der Waals surface area contributed by atoms with Crippen molar-refractivity contribution in [3.63, 3.8) is 0 Å². The van der Waals surface area contributed by atoms with Crippen molar-refractivity contribution in [3.8, 4) is 6.07 Å². The highest BCUT2D eigenvalue weighted by molar-refractivity contribution is 5.79. The Morgan fingerprint density at radius 2 is 2.03 bits per heavy atom. The van der Waals surface area contributed by atoms with Crippen LogP contribution in [0.4, 0.5) is 23.2 Å². The van der Waals surface area contributed by atoms with E-state index < -0.39 is 18.5 Å². The smallest absolute Gasteiger partial charge is 0.369 e. The summed E-state index contributed by atoms with van der Waals surface area (Å²) in [5.74, 6) is -0.908. The minimum Gasteiger partial charge on any atom is -0.369 e. The maximum Gasteiger partial charge on any atom is 0.408 e. The monoisotopic (exact) mass is 409 g/mol. The highest BCUT2D eigenvalue weighted by Gasteiger charge is 2.29. The summed E-state index contributed by atoms with van der Waals surface area (Å²) in [7, 11) is 0. The van der Waals surface area contributed by atoms with Crippen LogP contribution in [0.5, 0.6) is 0 Å². The maximum absolute atomic E-state index is 14.1. The largest absolute Gasteiger partial charge is 0.408 e. The van der Waals surface area contributed by atoms with Gasteiger partial charge in [-0.1, -0.05) is 0 Å². The summed E-state index contributed by atoms with van der Waals surface area (Å²) < 4.78 is 52.0. The molecule has 1 aliphatic rings. The highest BCUT2D eigenvalue weighted by Crippen LogP contribution is 2.26. The van der Waals surface area contributed by atoms with Gasteiger partial charge in [0.2, 0.25) is 5.91 Å². The Balaban J connectivity index is 1.49. The van der Waals surface area contributed by atoms with E-state index in [2.05, 4.69) is 10.4 Å². The van der Waals surface area contributed by atoms with E-state index in [0.29, 0.717) is 37.2 Å². The van der Waals surface area contributed by atoms with Gasteiger partial charge in [-0.2, -0.15) is 23.5 Å². The average molecular weight is 409 g/mol. The van der Waals surface area contributed by atoms with Gasteiger partial charge in [-0.25, -0.2) is 4.39 Å². The molecule has 1 N–H and O–H groups in total. The zero-order chi connectivity index (χ0) is 21.0. The molecular weight excluding hydrogens is 390 g/mol. The molecule has 1 fully saturated rings. The minimum atomic E-state index is -4.35. The molecule has 0 bridgehead atoms. The lowest BCUT2D eigenvalue weighted by atomic mass is 9.95. The van der Waals surface area contributed by atoms with Gasteiger partial charge in [-0.15, -0.1) is 0 Å². The Labute approximate surface area is 164 Å². The Kier molecular flexibility index (Phi) is 6.06. The van der Waals surface area contributed by atoms with Crippen LogP contribution in [0, 0.1) is 23.1 Å². The summed E-state index contributed by atoms with van der Waals surface area (Å²) in [6.45, 7) is -0.0959. The van der Waals surface area contributed by atoms with Crippen molar-refractivity contribution in [1.82, 2.24) is 15.1 Å². The molecule has 1 aromatic heterocycles. The molecule has 1 amide bonds. The molecule has 2 heterocycles. The topological polar surface area (TPSA) is 74.0 Å². The van der Waals surface area contributed by atoms with Gasteiger partial charge in [-0.05, 0) is 31.0 Å². The van der Waals surface area contributed by atoms with E-state index in [1.165, 1.54) is 18.5 Å². The highest BCUT2D eigenvalue weighted by atomic mass is 19.4. The average Bonchev–Trinajstić information content (AvgIpc) is 3.11. The number of benzene rings is 1. The number of hydrogen-bond donors (Lipinski definition) is 1. The third-order valence-electron chi connectivity index (χ3n) is 4.78. The van der Waals surface area contributed by atoms with Crippen molar-refractivity contribution in [2.75, 3.05) is 18.0 Å². The third kappa shape index (κ3) is 5.47. The van der Waals surface area contributed by atoms with Crippen molar-refractivity contribution < 1.29 is 22.4 Å². The number of nitriles is 1. The minimum absolute atomic E-state index is 0.0984. The van der Waals surface area contributed by atoms with Crippen LogP contribution in [0.25, 0.3) is 0 Å². The second-order valence-electron chi connectivity index (χ2n) is 6.92. The van der Waals surface area contributed by atoms with E-state index in [0.717, 1.165) is 4.68 Å². The fourth-order valence-electron chi connectivity index (χ4n) is 3.32. The molecule has 0 aliphatic carbocycles. The third-order valence-corrected chi connectivity index (χ3v) is 4.78. The summed E-state index contributed by atoms with van der Waals surface area (Å²) in [5.41, 5.74) is 1.14. The second-order valence-corrected chi connectivity index (χ2v) is 6.92. The molecule has 0 spiro atoms. The number of rotatable bonds is 5. The van der Waals surface area contributed by atoms with Crippen LogP contribution in [0.2, 0.25) is 0 Å². The van der Waals surface area contributed by atoms with Gasteiger partial charge >= 0.3 is 6.18 Å². The van der Waals surface area contributed by atoms with Gasteiger partial charge in [0.05, 0.1) is 23.5 Å². The molecule has 10 heteroatoms. The first-order chi connectivity index (χ1) is 13.7. The maximum atomic E-state index is 14.1. The van der Waals surface area contributed by atoms with Gasteiger partial charge in [-0.3, -0.25) is 9.48 Å². The van der Waals surface area contributed by atoms with E-state index >= 15 is 0 Å². The number of anilines is 1. The van der Waals surface area contributed by atoms with Crippen LogP contribution in [0.1, 0.15) is 24.0 Å². The molecule has 1 aromatic carbocycles. The van der Waals surface area contributed by atoms with Crippen LogP contribution < -0.4 is 10.2 Å². The Hall–Kier alpha value is -3.09. The molecular formula is C19H19F4N5O. The van der Waals surface area contributed by atoms with Crippen LogP contribution in [0.3, 0.4) is 0 Å². The van der Waals surface area contributed by atoms with Crippen molar-refractivity contribution in [2.24, 2.45) is 5.92 Å². The number of alkyl halides is 3. The molecule has 29 heavy (non-hydrogen) atoms. The van der Waals surface area contributed by atoms with Gasteiger partial charge in [0, 0.05) is 37.3 Å². The van der Waals surface area contributed by atoms with Gasteiger partial charge in [0.15, 0.2) is 0 Å². The SMILES string of the molecule is N#Cc1ccc(N2CCC(C(=O)NCc3cnn(CC(F)(F)F)c3)CC2)c(F)c1. The molecule has 154 valence electrons. The van der Waals surface area contributed by atoms with Crippen molar-refractivity contribution in [3.05, 3.63) is 47.5 Å².